The Morgan fingerprint density at radius 3 is 2.63 bits per heavy atom. The Kier molecular flexibility index (Phi) is 5.27. The molecule has 4 rings (SSSR count). The molecule has 6 heteroatoms. The second-order valence-electron chi connectivity index (χ2n) is 6.94. The Balaban J connectivity index is 1.39. The molecule has 5 nitrogen and oxygen atoms in total. The van der Waals surface area contributed by atoms with Crippen molar-refractivity contribution in [1.82, 2.24) is 19.7 Å². The van der Waals surface area contributed by atoms with Crippen LogP contribution in [-0.2, 0) is 24.8 Å². The van der Waals surface area contributed by atoms with Crippen LogP contribution in [0.5, 0.6) is 0 Å². The van der Waals surface area contributed by atoms with Crippen LogP contribution in [0.15, 0.2) is 54.9 Å². The lowest BCUT2D eigenvalue weighted by molar-refractivity contribution is -0.0356. The molecule has 3 heterocycles. The fourth-order valence-corrected chi connectivity index (χ4v) is 3.38. The summed E-state index contributed by atoms with van der Waals surface area (Å²) in [7, 11) is 1.97. The van der Waals surface area contributed by atoms with Crippen molar-refractivity contribution in [3.05, 3.63) is 83.2 Å². The van der Waals surface area contributed by atoms with Gasteiger partial charge in [-0.2, -0.15) is 5.10 Å². The summed E-state index contributed by atoms with van der Waals surface area (Å²) in [6, 6.07) is 12.8. The van der Waals surface area contributed by atoms with Crippen LogP contribution in [0.3, 0.4) is 0 Å². The molecule has 0 aliphatic carbocycles. The first kappa shape index (κ1) is 17.8. The molecule has 0 spiro atoms. The molecular weight excluding hydrogens is 343 g/mol. The lowest BCUT2D eigenvalue weighted by Gasteiger charge is -2.32. The van der Waals surface area contributed by atoms with E-state index in [-0.39, 0.29) is 11.9 Å². The zero-order chi connectivity index (χ0) is 18.6. The highest BCUT2D eigenvalue weighted by atomic mass is 19.1. The van der Waals surface area contributed by atoms with Crippen LogP contribution in [0.2, 0.25) is 0 Å². The third-order valence-corrected chi connectivity index (χ3v) is 4.96. The van der Waals surface area contributed by atoms with Gasteiger partial charge in [0.05, 0.1) is 18.0 Å². The van der Waals surface area contributed by atoms with E-state index >= 15 is 0 Å². The number of aromatic nitrogens is 3. The van der Waals surface area contributed by atoms with Gasteiger partial charge in [0.25, 0.3) is 0 Å². The second kappa shape index (κ2) is 7.98. The van der Waals surface area contributed by atoms with Gasteiger partial charge >= 0.3 is 0 Å². The summed E-state index contributed by atoms with van der Waals surface area (Å²) in [5.74, 6) is -0.211. The summed E-state index contributed by atoms with van der Waals surface area (Å²) in [6.45, 7) is 3.28. The van der Waals surface area contributed by atoms with E-state index in [0.717, 1.165) is 42.9 Å². The van der Waals surface area contributed by atoms with Crippen LogP contribution in [0.1, 0.15) is 28.6 Å². The van der Waals surface area contributed by atoms with Gasteiger partial charge in [0.2, 0.25) is 0 Å². The van der Waals surface area contributed by atoms with Crippen molar-refractivity contribution in [3.8, 4) is 0 Å². The molecule has 27 heavy (non-hydrogen) atoms. The number of rotatable bonds is 5. The molecule has 0 unspecified atom stereocenters. The number of nitrogens with zero attached hydrogens (tertiary/aromatic N) is 4. The highest BCUT2D eigenvalue weighted by Crippen LogP contribution is 2.22. The summed E-state index contributed by atoms with van der Waals surface area (Å²) in [4.78, 5) is 7.00. The maximum atomic E-state index is 13.0. The lowest BCUT2D eigenvalue weighted by atomic mass is 10.1. The van der Waals surface area contributed by atoms with Gasteiger partial charge in [0.15, 0.2) is 0 Å². The van der Waals surface area contributed by atoms with E-state index in [1.165, 1.54) is 17.8 Å². The van der Waals surface area contributed by atoms with E-state index in [4.69, 9.17) is 4.74 Å². The smallest absolute Gasteiger partial charge is 0.123 e. The van der Waals surface area contributed by atoms with Crippen LogP contribution >= 0.6 is 0 Å². The van der Waals surface area contributed by atoms with Crippen molar-refractivity contribution in [2.75, 3.05) is 19.7 Å². The SMILES string of the molecule is Cn1nccc1CN1CCO[C@H](c2ccc(Cc3ccc(F)cc3)cn2)C1. The van der Waals surface area contributed by atoms with Gasteiger partial charge in [0.1, 0.15) is 11.9 Å². The molecule has 0 bridgehead atoms. The van der Waals surface area contributed by atoms with Crippen LogP contribution < -0.4 is 0 Å². The molecule has 3 aromatic rings. The molecule has 0 amide bonds. The zero-order valence-corrected chi connectivity index (χ0v) is 15.4. The van der Waals surface area contributed by atoms with E-state index in [1.54, 1.807) is 0 Å². The summed E-state index contributed by atoms with van der Waals surface area (Å²) in [6.07, 6.45) is 4.44. The molecule has 0 saturated carbocycles. The average molecular weight is 366 g/mol. The largest absolute Gasteiger partial charge is 0.369 e. The van der Waals surface area contributed by atoms with Crippen molar-refractivity contribution >= 4 is 0 Å². The number of pyridine rings is 1. The van der Waals surface area contributed by atoms with E-state index < -0.39 is 0 Å². The molecule has 0 N–H and O–H groups in total. The van der Waals surface area contributed by atoms with Gasteiger partial charge in [-0.1, -0.05) is 18.2 Å². The summed E-state index contributed by atoms with van der Waals surface area (Å²) < 4.78 is 20.9. The fraction of sp³-hybridized carbons (Fsp3) is 0.333. The molecule has 1 aliphatic heterocycles. The predicted molar refractivity (Wildman–Crippen MR) is 101 cm³/mol. The first-order valence-corrected chi connectivity index (χ1v) is 9.17. The number of aryl methyl sites for hydroxylation is 1. The number of benzene rings is 1. The minimum atomic E-state index is -0.211. The predicted octanol–water partition coefficient (Wildman–Crippen LogP) is 3.12. The quantitative estimate of drug-likeness (QED) is 0.696. The zero-order valence-electron chi connectivity index (χ0n) is 15.4. The molecule has 1 aromatic carbocycles. The topological polar surface area (TPSA) is 43.2 Å². The summed E-state index contributed by atoms with van der Waals surface area (Å²) >= 11 is 0. The van der Waals surface area contributed by atoms with E-state index in [2.05, 4.69) is 21.0 Å². The lowest BCUT2D eigenvalue weighted by Crippen LogP contribution is -2.38. The van der Waals surface area contributed by atoms with Crippen LogP contribution in [-0.4, -0.2) is 39.4 Å². The molecule has 1 aliphatic rings. The van der Waals surface area contributed by atoms with Crippen molar-refractivity contribution in [3.63, 3.8) is 0 Å². The Hall–Kier alpha value is -2.57. The van der Waals surface area contributed by atoms with Crippen molar-refractivity contribution < 1.29 is 9.13 Å². The first-order chi connectivity index (χ1) is 13.2. The normalized spacial score (nSPS) is 17.9. The summed E-state index contributed by atoms with van der Waals surface area (Å²) in [5.41, 5.74) is 4.32. The highest BCUT2D eigenvalue weighted by Gasteiger charge is 2.23. The standard InChI is InChI=1S/C21H23FN4O/c1-25-19(8-9-24-25)14-26-10-11-27-21(15-26)20-7-4-17(13-23-20)12-16-2-5-18(22)6-3-16/h2-9,13,21H,10-12,14-15H2,1H3/t21-/m0/s1. The van der Waals surface area contributed by atoms with Crippen LogP contribution in [0, 0.1) is 5.82 Å². The third-order valence-electron chi connectivity index (χ3n) is 4.96. The Labute approximate surface area is 158 Å². The molecular formula is C21H23FN4O. The number of morpholine rings is 1. The average Bonchev–Trinajstić information content (AvgIpc) is 3.09. The van der Waals surface area contributed by atoms with Crippen LogP contribution in [0.25, 0.3) is 0 Å². The Morgan fingerprint density at radius 1 is 1.11 bits per heavy atom. The number of ether oxygens (including phenoxy) is 1. The number of hydrogen-bond acceptors (Lipinski definition) is 4. The first-order valence-electron chi connectivity index (χ1n) is 9.17. The van der Waals surface area contributed by atoms with Gasteiger partial charge in [0, 0.05) is 39.1 Å². The maximum Gasteiger partial charge on any atom is 0.123 e. The minimum absolute atomic E-state index is 0.0214. The fourth-order valence-electron chi connectivity index (χ4n) is 3.38. The minimum Gasteiger partial charge on any atom is -0.369 e. The van der Waals surface area contributed by atoms with Crippen molar-refractivity contribution in [1.29, 1.82) is 0 Å². The number of hydrogen-bond donors (Lipinski definition) is 0. The van der Waals surface area contributed by atoms with Gasteiger partial charge in [-0.15, -0.1) is 0 Å². The molecule has 1 atom stereocenters. The monoisotopic (exact) mass is 366 g/mol. The maximum absolute atomic E-state index is 13.0. The van der Waals surface area contributed by atoms with E-state index in [9.17, 15) is 4.39 Å². The third kappa shape index (κ3) is 4.40. The Bertz CT molecular complexity index is 876. The van der Waals surface area contributed by atoms with Gasteiger partial charge in [-0.25, -0.2) is 4.39 Å². The molecule has 1 saturated heterocycles. The van der Waals surface area contributed by atoms with Crippen molar-refractivity contribution in [2.45, 2.75) is 19.1 Å². The van der Waals surface area contributed by atoms with Crippen molar-refractivity contribution in [2.24, 2.45) is 7.05 Å². The molecule has 1 fully saturated rings. The van der Waals surface area contributed by atoms with Gasteiger partial charge in [-0.3, -0.25) is 14.6 Å². The molecule has 2 aromatic heterocycles. The molecule has 140 valence electrons. The van der Waals surface area contributed by atoms with Crippen LogP contribution in [0.4, 0.5) is 4.39 Å². The van der Waals surface area contributed by atoms with E-state index in [1.807, 2.05) is 48.4 Å². The number of halogens is 1. The van der Waals surface area contributed by atoms with Gasteiger partial charge < -0.3 is 4.74 Å². The second-order valence-corrected chi connectivity index (χ2v) is 6.94. The highest BCUT2D eigenvalue weighted by molar-refractivity contribution is 5.26. The Morgan fingerprint density at radius 2 is 1.93 bits per heavy atom. The molecule has 0 radical (unpaired) electrons. The summed E-state index contributed by atoms with van der Waals surface area (Å²) in [5, 5.41) is 4.23. The van der Waals surface area contributed by atoms with Gasteiger partial charge in [-0.05, 0) is 41.8 Å². The van der Waals surface area contributed by atoms with E-state index in [0.29, 0.717) is 6.61 Å².